The lowest BCUT2D eigenvalue weighted by atomic mass is 9.95. The lowest BCUT2D eigenvalue weighted by Gasteiger charge is -2.19. The van der Waals surface area contributed by atoms with Crippen LogP contribution in [0.5, 0.6) is 0 Å². The molecule has 4 heterocycles. The standard InChI is InChI=1S/C17H20N4O3/c22-17(16-13-9-23-6-3-14(13)20-21-16)19-15-10-24-8-12(15)7-11-1-4-18-5-2-11/h1-2,4-5,12,15H,3,6-10H2,(H,19,22)(H,20,21)/t12-,15-/m1/s1. The summed E-state index contributed by atoms with van der Waals surface area (Å²) in [5, 5.41) is 10.2. The number of nitrogens with one attached hydrogen (secondary N) is 2. The van der Waals surface area contributed by atoms with E-state index in [-0.39, 0.29) is 17.9 Å². The first kappa shape index (κ1) is 15.3. The summed E-state index contributed by atoms with van der Waals surface area (Å²) in [7, 11) is 0. The molecule has 24 heavy (non-hydrogen) atoms. The maximum absolute atomic E-state index is 12.6. The maximum Gasteiger partial charge on any atom is 0.272 e. The predicted octanol–water partition coefficient (Wildman–Crippen LogP) is 0.865. The van der Waals surface area contributed by atoms with Gasteiger partial charge in [0, 0.05) is 36.0 Å². The van der Waals surface area contributed by atoms with E-state index in [4.69, 9.17) is 9.47 Å². The van der Waals surface area contributed by atoms with Crippen LogP contribution in [-0.4, -0.2) is 47.0 Å². The van der Waals surface area contributed by atoms with Crippen LogP contribution in [0.3, 0.4) is 0 Å². The Bertz CT molecular complexity index is 716. The number of carbonyl (C=O) groups is 1. The molecule has 2 aromatic heterocycles. The average Bonchev–Trinajstić information content (AvgIpc) is 3.23. The third-order valence-electron chi connectivity index (χ3n) is 4.67. The SMILES string of the molecule is O=C(N[C@@H]1COC[C@H]1Cc1ccncc1)c1n[nH]c2c1COCC2. The van der Waals surface area contributed by atoms with Gasteiger partial charge in [-0.1, -0.05) is 0 Å². The van der Waals surface area contributed by atoms with E-state index in [0.717, 1.165) is 24.1 Å². The zero-order chi connectivity index (χ0) is 16.4. The summed E-state index contributed by atoms with van der Waals surface area (Å²) < 4.78 is 11.0. The summed E-state index contributed by atoms with van der Waals surface area (Å²) in [5.74, 6) is 0.0931. The van der Waals surface area contributed by atoms with Crippen molar-refractivity contribution in [2.24, 2.45) is 5.92 Å². The zero-order valence-electron chi connectivity index (χ0n) is 13.3. The van der Waals surface area contributed by atoms with Gasteiger partial charge in [0.05, 0.1) is 32.5 Å². The molecular formula is C17H20N4O3. The summed E-state index contributed by atoms with van der Waals surface area (Å²) in [6.07, 6.45) is 5.20. The lowest BCUT2D eigenvalue weighted by molar-refractivity contribution is 0.0899. The molecule has 7 heteroatoms. The average molecular weight is 328 g/mol. The Labute approximate surface area is 139 Å². The van der Waals surface area contributed by atoms with Crippen LogP contribution in [-0.2, 0) is 28.9 Å². The lowest BCUT2D eigenvalue weighted by Crippen LogP contribution is -2.41. The number of aromatic amines is 1. The number of amides is 1. The molecule has 7 nitrogen and oxygen atoms in total. The van der Waals surface area contributed by atoms with E-state index in [1.807, 2.05) is 12.1 Å². The topological polar surface area (TPSA) is 89.1 Å². The summed E-state index contributed by atoms with van der Waals surface area (Å²) in [6, 6.07) is 3.99. The van der Waals surface area contributed by atoms with Crippen molar-refractivity contribution in [1.29, 1.82) is 0 Å². The van der Waals surface area contributed by atoms with E-state index in [1.165, 1.54) is 5.56 Å². The normalized spacial score (nSPS) is 23.0. The first-order chi connectivity index (χ1) is 11.8. The van der Waals surface area contributed by atoms with Crippen LogP contribution in [0.4, 0.5) is 0 Å². The largest absolute Gasteiger partial charge is 0.379 e. The van der Waals surface area contributed by atoms with Gasteiger partial charge < -0.3 is 14.8 Å². The summed E-state index contributed by atoms with van der Waals surface area (Å²) >= 11 is 0. The number of aromatic nitrogens is 3. The molecule has 1 fully saturated rings. The molecule has 2 atom stereocenters. The highest BCUT2D eigenvalue weighted by Crippen LogP contribution is 2.21. The molecule has 0 aromatic carbocycles. The number of H-pyrrole nitrogens is 1. The maximum atomic E-state index is 12.6. The Morgan fingerprint density at radius 3 is 3.04 bits per heavy atom. The van der Waals surface area contributed by atoms with Crippen LogP contribution in [0.15, 0.2) is 24.5 Å². The van der Waals surface area contributed by atoms with E-state index in [2.05, 4.69) is 20.5 Å². The number of hydrogen-bond donors (Lipinski definition) is 2. The van der Waals surface area contributed by atoms with Crippen LogP contribution in [0, 0.1) is 5.92 Å². The molecule has 1 saturated heterocycles. The predicted molar refractivity (Wildman–Crippen MR) is 85.5 cm³/mol. The molecular weight excluding hydrogens is 308 g/mol. The third-order valence-corrected chi connectivity index (χ3v) is 4.67. The minimum Gasteiger partial charge on any atom is -0.379 e. The van der Waals surface area contributed by atoms with Gasteiger partial charge in [-0.3, -0.25) is 14.9 Å². The fourth-order valence-electron chi connectivity index (χ4n) is 3.32. The Balaban J connectivity index is 1.44. The molecule has 0 unspecified atom stereocenters. The first-order valence-electron chi connectivity index (χ1n) is 8.22. The van der Waals surface area contributed by atoms with Crippen LogP contribution in [0.2, 0.25) is 0 Å². The Morgan fingerprint density at radius 1 is 1.29 bits per heavy atom. The van der Waals surface area contributed by atoms with E-state index in [9.17, 15) is 4.79 Å². The number of rotatable bonds is 4. The molecule has 2 aliphatic heterocycles. The van der Waals surface area contributed by atoms with Crippen molar-refractivity contribution in [3.63, 3.8) is 0 Å². The summed E-state index contributed by atoms with van der Waals surface area (Å²) in [4.78, 5) is 16.7. The molecule has 126 valence electrons. The number of nitrogens with zero attached hydrogens (tertiary/aromatic N) is 2. The smallest absolute Gasteiger partial charge is 0.272 e. The van der Waals surface area contributed by atoms with E-state index >= 15 is 0 Å². The highest BCUT2D eigenvalue weighted by molar-refractivity contribution is 5.94. The molecule has 1 amide bonds. The van der Waals surface area contributed by atoms with Crippen LogP contribution in [0.1, 0.15) is 27.3 Å². The molecule has 0 spiro atoms. The van der Waals surface area contributed by atoms with Crippen molar-refractivity contribution < 1.29 is 14.3 Å². The monoisotopic (exact) mass is 328 g/mol. The van der Waals surface area contributed by atoms with Crippen molar-refractivity contribution in [3.05, 3.63) is 47.0 Å². The van der Waals surface area contributed by atoms with Crippen molar-refractivity contribution in [2.75, 3.05) is 19.8 Å². The van der Waals surface area contributed by atoms with Gasteiger partial charge in [0.25, 0.3) is 5.91 Å². The van der Waals surface area contributed by atoms with Crippen LogP contribution < -0.4 is 5.32 Å². The van der Waals surface area contributed by atoms with Gasteiger partial charge in [-0.15, -0.1) is 0 Å². The van der Waals surface area contributed by atoms with E-state index in [1.54, 1.807) is 12.4 Å². The minimum absolute atomic E-state index is 0.0116. The molecule has 2 aromatic rings. The van der Waals surface area contributed by atoms with Gasteiger partial charge in [-0.25, -0.2) is 0 Å². The number of fused-ring (bicyclic) bond motifs is 1. The van der Waals surface area contributed by atoms with Crippen molar-refractivity contribution in [1.82, 2.24) is 20.5 Å². The number of pyridine rings is 1. The Kier molecular flexibility index (Phi) is 4.27. The minimum atomic E-state index is -0.159. The fourth-order valence-corrected chi connectivity index (χ4v) is 3.32. The molecule has 0 saturated carbocycles. The van der Waals surface area contributed by atoms with Crippen molar-refractivity contribution in [3.8, 4) is 0 Å². The third kappa shape index (κ3) is 3.05. The molecule has 2 aliphatic rings. The van der Waals surface area contributed by atoms with Crippen molar-refractivity contribution in [2.45, 2.75) is 25.5 Å². The molecule has 2 N–H and O–H groups in total. The second-order valence-electron chi connectivity index (χ2n) is 6.27. The summed E-state index contributed by atoms with van der Waals surface area (Å²) in [6.45, 7) is 2.29. The molecule has 4 rings (SSSR count). The molecule has 0 radical (unpaired) electrons. The Hall–Kier alpha value is -2.25. The van der Waals surface area contributed by atoms with Gasteiger partial charge in [-0.2, -0.15) is 5.10 Å². The number of carbonyl (C=O) groups excluding carboxylic acids is 1. The summed E-state index contributed by atoms with van der Waals surface area (Å²) in [5.41, 5.74) is 3.52. The highest BCUT2D eigenvalue weighted by Gasteiger charge is 2.31. The number of hydrogen-bond acceptors (Lipinski definition) is 5. The number of ether oxygens (including phenoxy) is 2. The molecule has 0 bridgehead atoms. The van der Waals surface area contributed by atoms with E-state index in [0.29, 0.717) is 32.1 Å². The van der Waals surface area contributed by atoms with Gasteiger partial charge in [0.2, 0.25) is 0 Å². The zero-order valence-corrected chi connectivity index (χ0v) is 13.3. The Morgan fingerprint density at radius 2 is 2.17 bits per heavy atom. The van der Waals surface area contributed by atoms with Crippen LogP contribution in [0.25, 0.3) is 0 Å². The molecule has 0 aliphatic carbocycles. The quantitative estimate of drug-likeness (QED) is 0.869. The van der Waals surface area contributed by atoms with Gasteiger partial charge in [0.1, 0.15) is 0 Å². The highest BCUT2D eigenvalue weighted by atomic mass is 16.5. The second kappa shape index (κ2) is 6.70. The van der Waals surface area contributed by atoms with Gasteiger partial charge >= 0.3 is 0 Å². The fraction of sp³-hybridized carbons (Fsp3) is 0.471. The first-order valence-corrected chi connectivity index (χ1v) is 8.22. The second-order valence-corrected chi connectivity index (χ2v) is 6.27. The van der Waals surface area contributed by atoms with Gasteiger partial charge in [-0.05, 0) is 24.1 Å². The van der Waals surface area contributed by atoms with Gasteiger partial charge in [0.15, 0.2) is 5.69 Å². The van der Waals surface area contributed by atoms with Crippen molar-refractivity contribution >= 4 is 5.91 Å². The van der Waals surface area contributed by atoms with E-state index < -0.39 is 0 Å². The van der Waals surface area contributed by atoms with Crippen LogP contribution >= 0.6 is 0 Å².